The standard InChI is InChI=1S/C11H17NO3/c1-11(2,15-12)8-6-5-7-9(13-3)10(8)14-4/h5-7H,12H2,1-4H3. The SMILES string of the molecule is COc1cccc(C(C)(C)ON)c1OC. The van der Waals surface area contributed by atoms with Crippen LogP contribution in [0.4, 0.5) is 0 Å². The Bertz CT molecular complexity index is 337. The Labute approximate surface area is 89.9 Å². The van der Waals surface area contributed by atoms with Crippen LogP contribution < -0.4 is 15.4 Å². The Balaban J connectivity index is 3.29. The average molecular weight is 211 g/mol. The molecule has 0 fully saturated rings. The molecule has 0 unspecified atom stereocenters. The maximum atomic E-state index is 5.29. The first-order chi connectivity index (χ1) is 7.06. The molecule has 0 aliphatic carbocycles. The molecule has 1 rings (SSSR count). The Morgan fingerprint density at radius 3 is 2.27 bits per heavy atom. The highest BCUT2D eigenvalue weighted by atomic mass is 16.6. The molecule has 0 radical (unpaired) electrons. The molecule has 0 heterocycles. The molecule has 0 bridgehead atoms. The van der Waals surface area contributed by atoms with E-state index in [2.05, 4.69) is 0 Å². The molecule has 0 amide bonds. The molecule has 0 aliphatic rings. The van der Waals surface area contributed by atoms with Gasteiger partial charge in [-0.1, -0.05) is 12.1 Å². The lowest BCUT2D eigenvalue weighted by atomic mass is 9.97. The topological polar surface area (TPSA) is 53.7 Å². The fraction of sp³-hybridized carbons (Fsp3) is 0.455. The van der Waals surface area contributed by atoms with E-state index in [1.807, 2.05) is 32.0 Å². The van der Waals surface area contributed by atoms with Crippen LogP contribution in [0.3, 0.4) is 0 Å². The van der Waals surface area contributed by atoms with E-state index in [4.69, 9.17) is 20.2 Å². The number of nitrogens with two attached hydrogens (primary N) is 1. The quantitative estimate of drug-likeness (QED) is 0.772. The lowest BCUT2D eigenvalue weighted by Gasteiger charge is -2.25. The molecule has 4 heteroatoms. The second-order valence-corrected chi connectivity index (χ2v) is 3.67. The van der Waals surface area contributed by atoms with Crippen molar-refractivity contribution in [3.63, 3.8) is 0 Å². The molecular weight excluding hydrogens is 194 g/mol. The van der Waals surface area contributed by atoms with Crippen molar-refractivity contribution in [3.05, 3.63) is 23.8 Å². The number of para-hydroxylation sites is 1. The summed E-state index contributed by atoms with van der Waals surface area (Å²) < 4.78 is 10.5. The van der Waals surface area contributed by atoms with E-state index in [1.54, 1.807) is 14.2 Å². The van der Waals surface area contributed by atoms with Gasteiger partial charge in [-0.25, -0.2) is 5.90 Å². The minimum atomic E-state index is -0.611. The number of ether oxygens (including phenoxy) is 2. The molecule has 0 aromatic heterocycles. The van der Waals surface area contributed by atoms with Crippen LogP contribution in [0.5, 0.6) is 11.5 Å². The van der Waals surface area contributed by atoms with Crippen molar-refractivity contribution in [2.75, 3.05) is 14.2 Å². The maximum Gasteiger partial charge on any atom is 0.166 e. The lowest BCUT2D eigenvalue weighted by Crippen LogP contribution is -2.26. The van der Waals surface area contributed by atoms with Gasteiger partial charge in [0.15, 0.2) is 11.5 Å². The second-order valence-electron chi connectivity index (χ2n) is 3.67. The zero-order chi connectivity index (χ0) is 11.5. The van der Waals surface area contributed by atoms with E-state index >= 15 is 0 Å². The zero-order valence-corrected chi connectivity index (χ0v) is 9.53. The van der Waals surface area contributed by atoms with Crippen molar-refractivity contribution in [1.82, 2.24) is 0 Å². The van der Waals surface area contributed by atoms with Gasteiger partial charge in [0.2, 0.25) is 0 Å². The fourth-order valence-electron chi connectivity index (χ4n) is 1.42. The van der Waals surface area contributed by atoms with Crippen LogP contribution >= 0.6 is 0 Å². The predicted molar refractivity (Wildman–Crippen MR) is 57.8 cm³/mol. The van der Waals surface area contributed by atoms with Gasteiger partial charge in [-0.3, -0.25) is 4.84 Å². The highest BCUT2D eigenvalue weighted by Crippen LogP contribution is 2.38. The van der Waals surface area contributed by atoms with Gasteiger partial charge >= 0.3 is 0 Å². The summed E-state index contributed by atoms with van der Waals surface area (Å²) >= 11 is 0. The van der Waals surface area contributed by atoms with Gasteiger partial charge < -0.3 is 9.47 Å². The summed E-state index contributed by atoms with van der Waals surface area (Å²) in [5.74, 6) is 6.57. The largest absolute Gasteiger partial charge is 0.493 e. The molecule has 0 atom stereocenters. The van der Waals surface area contributed by atoms with Crippen LogP contribution in [0.2, 0.25) is 0 Å². The van der Waals surface area contributed by atoms with Gasteiger partial charge in [0.05, 0.1) is 14.2 Å². The van der Waals surface area contributed by atoms with Gasteiger partial charge in [0.1, 0.15) is 5.60 Å². The first-order valence-electron chi connectivity index (χ1n) is 4.66. The molecule has 1 aromatic rings. The number of methoxy groups -OCH3 is 2. The van der Waals surface area contributed by atoms with Crippen LogP contribution in [-0.4, -0.2) is 14.2 Å². The minimum Gasteiger partial charge on any atom is -0.493 e. The summed E-state index contributed by atoms with van der Waals surface area (Å²) in [5, 5.41) is 0. The van der Waals surface area contributed by atoms with Crippen molar-refractivity contribution in [2.45, 2.75) is 19.4 Å². The van der Waals surface area contributed by atoms with Gasteiger partial charge in [-0.2, -0.15) is 0 Å². The summed E-state index contributed by atoms with van der Waals surface area (Å²) in [7, 11) is 3.19. The van der Waals surface area contributed by atoms with Crippen molar-refractivity contribution in [1.29, 1.82) is 0 Å². The van der Waals surface area contributed by atoms with Crippen LogP contribution in [0.15, 0.2) is 18.2 Å². The summed E-state index contributed by atoms with van der Waals surface area (Å²) in [6.07, 6.45) is 0. The molecule has 4 nitrogen and oxygen atoms in total. The fourth-order valence-corrected chi connectivity index (χ4v) is 1.42. The van der Waals surface area contributed by atoms with Crippen LogP contribution in [0.1, 0.15) is 19.4 Å². The third-order valence-corrected chi connectivity index (χ3v) is 2.35. The van der Waals surface area contributed by atoms with Crippen molar-refractivity contribution in [3.8, 4) is 11.5 Å². The highest BCUT2D eigenvalue weighted by molar-refractivity contribution is 5.48. The van der Waals surface area contributed by atoms with Crippen LogP contribution in [0, 0.1) is 0 Å². The van der Waals surface area contributed by atoms with Gasteiger partial charge in [0, 0.05) is 5.56 Å². The molecule has 1 aromatic carbocycles. The van der Waals surface area contributed by atoms with E-state index in [9.17, 15) is 0 Å². The number of hydrogen-bond donors (Lipinski definition) is 1. The lowest BCUT2D eigenvalue weighted by molar-refractivity contribution is -0.0252. The first-order valence-corrected chi connectivity index (χ1v) is 4.66. The Morgan fingerprint density at radius 1 is 1.13 bits per heavy atom. The van der Waals surface area contributed by atoms with Gasteiger partial charge in [-0.05, 0) is 19.9 Å². The predicted octanol–water partition coefficient (Wildman–Crippen LogP) is 1.83. The third-order valence-electron chi connectivity index (χ3n) is 2.35. The normalized spacial score (nSPS) is 11.3. The Morgan fingerprint density at radius 2 is 1.80 bits per heavy atom. The highest BCUT2D eigenvalue weighted by Gasteiger charge is 2.26. The molecule has 0 spiro atoms. The summed E-state index contributed by atoms with van der Waals surface area (Å²) in [6, 6.07) is 5.60. The first kappa shape index (κ1) is 11.8. The molecule has 0 saturated heterocycles. The smallest absolute Gasteiger partial charge is 0.166 e. The summed E-state index contributed by atoms with van der Waals surface area (Å²) in [4.78, 5) is 4.93. The second kappa shape index (κ2) is 4.51. The van der Waals surface area contributed by atoms with E-state index in [0.29, 0.717) is 11.5 Å². The van der Waals surface area contributed by atoms with Crippen molar-refractivity contribution < 1.29 is 14.3 Å². The Hall–Kier alpha value is -1.26. The van der Waals surface area contributed by atoms with Crippen molar-refractivity contribution >= 4 is 0 Å². The van der Waals surface area contributed by atoms with E-state index in [-0.39, 0.29) is 0 Å². The van der Waals surface area contributed by atoms with Gasteiger partial charge in [-0.15, -0.1) is 0 Å². The van der Waals surface area contributed by atoms with Crippen molar-refractivity contribution in [2.24, 2.45) is 5.90 Å². The molecule has 0 aliphatic heterocycles. The summed E-state index contributed by atoms with van der Waals surface area (Å²) in [5.41, 5.74) is 0.242. The Kier molecular flexibility index (Phi) is 3.55. The summed E-state index contributed by atoms with van der Waals surface area (Å²) in [6.45, 7) is 3.73. The van der Waals surface area contributed by atoms with E-state index < -0.39 is 5.60 Å². The van der Waals surface area contributed by atoms with Gasteiger partial charge in [0.25, 0.3) is 0 Å². The van der Waals surface area contributed by atoms with E-state index in [0.717, 1.165) is 5.56 Å². The maximum absolute atomic E-state index is 5.29. The molecule has 0 saturated carbocycles. The third kappa shape index (κ3) is 2.22. The monoisotopic (exact) mass is 211 g/mol. The number of rotatable bonds is 4. The molecule has 2 N–H and O–H groups in total. The average Bonchev–Trinajstić information content (AvgIpc) is 2.27. The van der Waals surface area contributed by atoms with Crippen LogP contribution in [0.25, 0.3) is 0 Å². The number of benzene rings is 1. The molecular formula is C11H17NO3. The van der Waals surface area contributed by atoms with E-state index in [1.165, 1.54) is 0 Å². The number of hydrogen-bond acceptors (Lipinski definition) is 4. The van der Waals surface area contributed by atoms with Crippen LogP contribution in [-0.2, 0) is 10.4 Å². The molecule has 15 heavy (non-hydrogen) atoms. The zero-order valence-electron chi connectivity index (χ0n) is 9.53. The molecule has 84 valence electrons. The minimum absolute atomic E-state index is 0.611.